The predicted molar refractivity (Wildman–Crippen MR) is 85.1 cm³/mol. The second kappa shape index (κ2) is 5.85. The van der Waals surface area contributed by atoms with Crippen molar-refractivity contribution >= 4 is 5.97 Å². The quantitative estimate of drug-likeness (QED) is 0.692. The number of hydrogen-bond donors (Lipinski definition) is 0. The van der Waals surface area contributed by atoms with E-state index in [4.69, 9.17) is 4.74 Å². The van der Waals surface area contributed by atoms with E-state index in [1.807, 2.05) is 67.6 Å². The average molecular weight is 292 g/mol. The van der Waals surface area contributed by atoms with E-state index in [1.165, 1.54) is 7.11 Å². The number of aromatic nitrogens is 2. The number of hydrogen-bond acceptors (Lipinski definition) is 3. The van der Waals surface area contributed by atoms with Crippen molar-refractivity contribution in [2.45, 2.75) is 6.92 Å². The van der Waals surface area contributed by atoms with Gasteiger partial charge in [-0.1, -0.05) is 48.5 Å². The zero-order valence-electron chi connectivity index (χ0n) is 12.5. The Labute approximate surface area is 129 Å². The lowest BCUT2D eigenvalue weighted by Gasteiger charge is -2.06. The van der Waals surface area contributed by atoms with Gasteiger partial charge < -0.3 is 4.74 Å². The fraction of sp³-hybridized carbons (Fsp3) is 0.111. The van der Waals surface area contributed by atoms with Gasteiger partial charge in [0.05, 0.1) is 18.5 Å². The molecule has 1 heterocycles. The average Bonchev–Trinajstić information content (AvgIpc) is 2.93. The molecule has 0 fully saturated rings. The van der Waals surface area contributed by atoms with E-state index in [0.29, 0.717) is 5.69 Å². The number of carbonyl (C=O) groups is 1. The van der Waals surface area contributed by atoms with Crippen molar-refractivity contribution in [3.05, 3.63) is 71.9 Å². The number of rotatable bonds is 3. The minimum Gasteiger partial charge on any atom is -0.464 e. The molecule has 0 saturated carbocycles. The maximum absolute atomic E-state index is 12.2. The SMILES string of the molecule is COC(=O)c1c(C)c(-c2ccccc2)nn1-c1ccccc1. The van der Waals surface area contributed by atoms with E-state index in [0.717, 1.165) is 22.5 Å². The Morgan fingerprint density at radius 1 is 1.00 bits per heavy atom. The number of nitrogens with zero attached hydrogens (tertiary/aromatic N) is 2. The van der Waals surface area contributed by atoms with Crippen molar-refractivity contribution in [1.82, 2.24) is 9.78 Å². The number of ether oxygens (including phenoxy) is 1. The van der Waals surface area contributed by atoms with Crippen LogP contribution in [0, 0.1) is 6.92 Å². The summed E-state index contributed by atoms with van der Waals surface area (Å²) in [4.78, 5) is 12.2. The number of esters is 1. The largest absolute Gasteiger partial charge is 0.464 e. The standard InChI is InChI=1S/C18H16N2O2/c1-13-16(14-9-5-3-6-10-14)19-20(17(13)18(21)22-2)15-11-7-4-8-12-15/h3-12H,1-2H3. The van der Waals surface area contributed by atoms with Crippen LogP contribution in [-0.4, -0.2) is 22.9 Å². The highest BCUT2D eigenvalue weighted by Crippen LogP contribution is 2.27. The van der Waals surface area contributed by atoms with Gasteiger partial charge in [-0.05, 0) is 19.1 Å². The summed E-state index contributed by atoms with van der Waals surface area (Å²) in [6.45, 7) is 1.89. The Kier molecular flexibility index (Phi) is 3.74. The molecule has 0 saturated heterocycles. The fourth-order valence-electron chi connectivity index (χ4n) is 2.46. The zero-order valence-corrected chi connectivity index (χ0v) is 12.5. The lowest BCUT2D eigenvalue weighted by Crippen LogP contribution is -2.11. The Balaban J connectivity index is 2.23. The Morgan fingerprint density at radius 2 is 1.59 bits per heavy atom. The molecular formula is C18H16N2O2. The highest BCUT2D eigenvalue weighted by molar-refractivity contribution is 5.92. The van der Waals surface area contributed by atoms with Crippen LogP contribution in [0.15, 0.2) is 60.7 Å². The van der Waals surface area contributed by atoms with Crippen molar-refractivity contribution in [3.63, 3.8) is 0 Å². The summed E-state index contributed by atoms with van der Waals surface area (Å²) in [7, 11) is 1.38. The summed E-state index contributed by atoms with van der Waals surface area (Å²) in [5.41, 5.74) is 3.84. The van der Waals surface area contributed by atoms with Gasteiger partial charge in [0.2, 0.25) is 0 Å². The lowest BCUT2D eigenvalue weighted by atomic mass is 10.1. The van der Waals surface area contributed by atoms with Crippen molar-refractivity contribution in [2.75, 3.05) is 7.11 Å². The molecule has 2 aromatic carbocycles. The van der Waals surface area contributed by atoms with E-state index in [2.05, 4.69) is 5.10 Å². The Hall–Kier alpha value is -2.88. The predicted octanol–water partition coefficient (Wildman–Crippen LogP) is 3.63. The first-order valence-electron chi connectivity index (χ1n) is 7.01. The summed E-state index contributed by atoms with van der Waals surface area (Å²) >= 11 is 0. The molecule has 0 atom stereocenters. The molecule has 3 aromatic rings. The van der Waals surface area contributed by atoms with Crippen LogP contribution in [0.5, 0.6) is 0 Å². The summed E-state index contributed by atoms with van der Waals surface area (Å²) in [5.74, 6) is -0.393. The first-order valence-corrected chi connectivity index (χ1v) is 7.01. The van der Waals surface area contributed by atoms with Crippen LogP contribution >= 0.6 is 0 Å². The third kappa shape index (κ3) is 2.39. The Bertz CT molecular complexity index is 793. The lowest BCUT2D eigenvalue weighted by molar-refractivity contribution is 0.0589. The molecule has 110 valence electrons. The van der Waals surface area contributed by atoms with Gasteiger partial charge in [-0.3, -0.25) is 0 Å². The van der Waals surface area contributed by atoms with E-state index in [-0.39, 0.29) is 0 Å². The van der Waals surface area contributed by atoms with Gasteiger partial charge in [0.1, 0.15) is 0 Å². The zero-order chi connectivity index (χ0) is 15.5. The van der Waals surface area contributed by atoms with E-state index >= 15 is 0 Å². The normalized spacial score (nSPS) is 10.5. The number of benzene rings is 2. The van der Waals surface area contributed by atoms with E-state index in [9.17, 15) is 4.79 Å². The smallest absolute Gasteiger partial charge is 0.357 e. The second-order valence-electron chi connectivity index (χ2n) is 4.93. The van der Waals surface area contributed by atoms with Gasteiger partial charge in [0, 0.05) is 11.1 Å². The first kappa shape index (κ1) is 14.1. The van der Waals surface area contributed by atoms with Crippen LogP contribution in [0.3, 0.4) is 0 Å². The van der Waals surface area contributed by atoms with Crippen LogP contribution in [-0.2, 0) is 4.74 Å². The second-order valence-corrected chi connectivity index (χ2v) is 4.93. The number of para-hydroxylation sites is 1. The van der Waals surface area contributed by atoms with Crippen molar-refractivity contribution in [2.24, 2.45) is 0 Å². The molecule has 0 N–H and O–H groups in total. The Morgan fingerprint density at radius 3 is 2.18 bits per heavy atom. The van der Waals surface area contributed by atoms with Crippen LogP contribution in [0.25, 0.3) is 16.9 Å². The fourth-order valence-corrected chi connectivity index (χ4v) is 2.46. The highest BCUT2D eigenvalue weighted by atomic mass is 16.5. The molecule has 0 bridgehead atoms. The molecule has 0 radical (unpaired) electrons. The molecule has 22 heavy (non-hydrogen) atoms. The topological polar surface area (TPSA) is 44.1 Å². The van der Waals surface area contributed by atoms with Crippen LogP contribution in [0.4, 0.5) is 0 Å². The van der Waals surface area contributed by atoms with Gasteiger partial charge >= 0.3 is 5.97 Å². The summed E-state index contributed by atoms with van der Waals surface area (Å²) < 4.78 is 6.57. The highest BCUT2D eigenvalue weighted by Gasteiger charge is 2.22. The van der Waals surface area contributed by atoms with Crippen LogP contribution < -0.4 is 0 Å². The van der Waals surface area contributed by atoms with Crippen molar-refractivity contribution in [3.8, 4) is 16.9 Å². The monoisotopic (exact) mass is 292 g/mol. The molecule has 4 nitrogen and oxygen atoms in total. The van der Waals surface area contributed by atoms with Gasteiger partial charge in [0.15, 0.2) is 5.69 Å². The summed E-state index contributed by atoms with van der Waals surface area (Å²) in [6, 6.07) is 19.4. The molecule has 3 rings (SSSR count). The third-order valence-electron chi connectivity index (χ3n) is 3.55. The molecule has 0 aliphatic rings. The molecule has 1 aromatic heterocycles. The van der Waals surface area contributed by atoms with Gasteiger partial charge in [-0.15, -0.1) is 0 Å². The van der Waals surface area contributed by atoms with Gasteiger partial charge in [0.25, 0.3) is 0 Å². The van der Waals surface area contributed by atoms with Crippen LogP contribution in [0.1, 0.15) is 16.1 Å². The minimum absolute atomic E-state index is 0.393. The number of methoxy groups -OCH3 is 1. The summed E-state index contributed by atoms with van der Waals surface area (Å²) in [6.07, 6.45) is 0. The van der Waals surface area contributed by atoms with Crippen molar-refractivity contribution in [1.29, 1.82) is 0 Å². The molecule has 0 aliphatic carbocycles. The maximum atomic E-state index is 12.2. The summed E-state index contributed by atoms with van der Waals surface area (Å²) in [5, 5.41) is 4.64. The van der Waals surface area contributed by atoms with Crippen molar-refractivity contribution < 1.29 is 9.53 Å². The third-order valence-corrected chi connectivity index (χ3v) is 3.55. The van der Waals surface area contributed by atoms with Gasteiger partial charge in [-0.25, -0.2) is 9.48 Å². The molecule has 0 amide bonds. The molecule has 0 aliphatic heterocycles. The van der Waals surface area contributed by atoms with E-state index < -0.39 is 5.97 Å². The van der Waals surface area contributed by atoms with Gasteiger partial charge in [-0.2, -0.15) is 5.10 Å². The number of carbonyl (C=O) groups excluding carboxylic acids is 1. The first-order chi connectivity index (χ1) is 10.7. The van der Waals surface area contributed by atoms with Crippen LogP contribution in [0.2, 0.25) is 0 Å². The molecule has 0 spiro atoms. The molecular weight excluding hydrogens is 276 g/mol. The minimum atomic E-state index is -0.393. The molecule has 4 heteroatoms. The molecule has 0 unspecified atom stereocenters. The maximum Gasteiger partial charge on any atom is 0.357 e. The van der Waals surface area contributed by atoms with E-state index in [1.54, 1.807) is 4.68 Å².